The molecule has 1 unspecified atom stereocenters. The molecule has 1 N–H and O–H groups in total. The third kappa shape index (κ3) is 2.92. The second-order valence-corrected chi connectivity index (χ2v) is 5.54. The molecule has 1 amide bonds. The molecule has 2 heterocycles. The number of amides is 1. The molecule has 102 valence electrons. The summed E-state index contributed by atoms with van der Waals surface area (Å²) in [5, 5.41) is 3.05. The van der Waals surface area contributed by atoms with E-state index in [-0.39, 0.29) is 24.0 Å². The van der Waals surface area contributed by atoms with Gasteiger partial charge in [-0.2, -0.15) is 0 Å². The van der Waals surface area contributed by atoms with Crippen LogP contribution in [0.5, 0.6) is 0 Å². The summed E-state index contributed by atoms with van der Waals surface area (Å²) in [6, 6.07) is 0.155. The van der Waals surface area contributed by atoms with E-state index < -0.39 is 0 Å². The van der Waals surface area contributed by atoms with Gasteiger partial charge >= 0.3 is 0 Å². The molecule has 1 atom stereocenters. The van der Waals surface area contributed by atoms with Crippen LogP contribution in [-0.2, 0) is 16.0 Å². The molecular weight excluding hydrogens is 242 g/mol. The Morgan fingerprint density at radius 1 is 1.42 bits per heavy atom. The van der Waals surface area contributed by atoms with Crippen LogP contribution in [0, 0.1) is 0 Å². The molecule has 1 aromatic rings. The highest BCUT2D eigenvalue weighted by Crippen LogP contribution is 2.40. The molecule has 0 aromatic carbocycles. The lowest BCUT2D eigenvalue weighted by molar-refractivity contribution is -0.121. The molecule has 5 heteroatoms. The molecule has 1 saturated heterocycles. The summed E-state index contributed by atoms with van der Waals surface area (Å²) in [5.74, 6) is 0.00384. The summed E-state index contributed by atoms with van der Waals surface area (Å²) in [6.07, 6.45) is 10.9. The highest BCUT2D eigenvalue weighted by Gasteiger charge is 2.42. The maximum Gasteiger partial charge on any atom is 0.226 e. The minimum Gasteiger partial charge on any atom is -0.373 e. The Kier molecular flexibility index (Phi) is 3.46. The molecular formula is C14H19N3O2. The maximum absolute atomic E-state index is 11.9. The predicted octanol–water partition coefficient (Wildman–Crippen LogP) is 1.24. The first kappa shape index (κ1) is 12.5. The highest BCUT2D eigenvalue weighted by molar-refractivity contribution is 5.78. The van der Waals surface area contributed by atoms with Gasteiger partial charge in [-0.15, -0.1) is 0 Å². The largest absolute Gasteiger partial charge is 0.373 e. The standard InChI is InChI=1S/C14H19N3O2/c18-13(7-11-9-15-5-6-16-11)17-12-8-14(19-10-12)3-1-2-4-14/h5-6,9,12H,1-4,7-8,10H2,(H,17,18). The van der Waals surface area contributed by atoms with E-state index in [9.17, 15) is 4.79 Å². The molecule has 1 spiro atoms. The number of nitrogens with one attached hydrogen (secondary N) is 1. The predicted molar refractivity (Wildman–Crippen MR) is 69.4 cm³/mol. The fourth-order valence-corrected chi connectivity index (χ4v) is 3.17. The van der Waals surface area contributed by atoms with E-state index in [4.69, 9.17) is 4.74 Å². The van der Waals surface area contributed by atoms with Crippen molar-refractivity contribution in [3.8, 4) is 0 Å². The third-order valence-electron chi connectivity index (χ3n) is 4.05. The van der Waals surface area contributed by atoms with Gasteiger partial charge in [0.15, 0.2) is 0 Å². The van der Waals surface area contributed by atoms with E-state index in [1.54, 1.807) is 18.6 Å². The van der Waals surface area contributed by atoms with Crippen LogP contribution in [0.3, 0.4) is 0 Å². The van der Waals surface area contributed by atoms with Crippen LogP contribution in [0.1, 0.15) is 37.8 Å². The minimum atomic E-state index is 0.00384. The van der Waals surface area contributed by atoms with Crippen LogP contribution in [0.15, 0.2) is 18.6 Å². The average molecular weight is 261 g/mol. The molecule has 19 heavy (non-hydrogen) atoms. The van der Waals surface area contributed by atoms with E-state index in [2.05, 4.69) is 15.3 Å². The molecule has 0 radical (unpaired) electrons. The van der Waals surface area contributed by atoms with Gasteiger partial charge in [0, 0.05) is 18.6 Å². The molecule has 2 fully saturated rings. The number of carbonyl (C=O) groups excluding carboxylic acids is 1. The number of carbonyl (C=O) groups is 1. The normalized spacial score (nSPS) is 24.7. The number of nitrogens with zero attached hydrogens (tertiary/aromatic N) is 2. The molecule has 2 aliphatic rings. The van der Waals surface area contributed by atoms with Gasteiger partial charge < -0.3 is 10.1 Å². The first-order chi connectivity index (χ1) is 9.26. The molecule has 1 saturated carbocycles. The summed E-state index contributed by atoms with van der Waals surface area (Å²) in [6.45, 7) is 0.645. The summed E-state index contributed by atoms with van der Waals surface area (Å²) >= 11 is 0. The Bertz CT molecular complexity index is 443. The lowest BCUT2D eigenvalue weighted by Crippen LogP contribution is -2.37. The number of hydrogen-bond acceptors (Lipinski definition) is 4. The fourth-order valence-electron chi connectivity index (χ4n) is 3.17. The molecule has 1 aromatic heterocycles. The van der Waals surface area contributed by atoms with Crippen LogP contribution in [0.2, 0.25) is 0 Å². The number of ether oxygens (including phenoxy) is 1. The number of hydrogen-bond donors (Lipinski definition) is 1. The van der Waals surface area contributed by atoms with Crippen molar-refractivity contribution in [1.29, 1.82) is 0 Å². The summed E-state index contributed by atoms with van der Waals surface area (Å²) in [4.78, 5) is 20.0. The first-order valence-electron chi connectivity index (χ1n) is 6.94. The zero-order valence-electron chi connectivity index (χ0n) is 11.0. The van der Waals surface area contributed by atoms with Gasteiger partial charge in [0.2, 0.25) is 5.91 Å². The summed E-state index contributed by atoms with van der Waals surface area (Å²) in [5.41, 5.74) is 0.763. The topological polar surface area (TPSA) is 64.1 Å². The number of aromatic nitrogens is 2. The monoisotopic (exact) mass is 261 g/mol. The van der Waals surface area contributed by atoms with Crippen molar-refractivity contribution in [3.05, 3.63) is 24.3 Å². The lowest BCUT2D eigenvalue weighted by atomic mass is 9.96. The van der Waals surface area contributed by atoms with E-state index >= 15 is 0 Å². The van der Waals surface area contributed by atoms with Crippen LogP contribution >= 0.6 is 0 Å². The molecule has 3 rings (SSSR count). The minimum absolute atomic E-state index is 0.00384. The van der Waals surface area contributed by atoms with E-state index in [1.165, 1.54) is 12.8 Å². The van der Waals surface area contributed by atoms with Crippen molar-refractivity contribution in [3.63, 3.8) is 0 Å². The average Bonchev–Trinajstić information content (AvgIpc) is 3.02. The Morgan fingerprint density at radius 2 is 2.26 bits per heavy atom. The second kappa shape index (κ2) is 5.25. The Labute approximate surface area is 112 Å². The van der Waals surface area contributed by atoms with Gasteiger partial charge in [-0.1, -0.05) is 12.8 Å². The molecule has 1 aliphatic heterocycles. The fraction of sp³-hybridized carbons (Fsp3) is 0.643. The van der Waals surface area contributed by atoms with Crippen molar-refractivity contribution >= 4 is 5.91 Å². The van der Waals surface area contributed by atoms with Crippen molar-refractivity contribution in [2.45, 2.75) is 50.2 Å². The first-order valence-corrected chi connectivity index (χ1v) is 6.94. The zero-order valence-corrected chi connectivity index (χ0v) is 11.0. The van der Waals surface area contributed by atoms with Gasteiger partial charge in [0.1, 0.15) is 0 Å². The lowest BCUT2D eigenvalue weighted by Gasteiger charge is -2.21. The van der Waals surface area contributed by atoms with Gasteiger partial charge in [0.05, 0.1) is 30.4 Å². The Balaban J connectivity index is 1.51. The molecule has 1 aliphatic carbocycles. The van der Waals surface area contributed by atoms with Crippen molar-refractivity contribution < 1.29 is 9.53 Å². The van der Waals surface area contributed by atoms with Crippen molar-refractivity contribution in [2.75, 3.05) is 6.61 Å². The van der Waals surface area contributed by atoms with Gasteiger partial charge in [-0.25, -0.2) is 0 Å². The van der Waals surface area contributed by atoms with Crippen LogP contribution in [-0.4, -0.2) is 34.1 Å². The summed E-state index contributed by atoms with van der Waals surface area (Å²) in [7, 11) is 0. The van der Waals surface area contributed by atoms with Crippen molar-refractivity contribution in [1.82, 2.24) is 15.3 Å². The highest BCUT2D eigenvalue weighted by atomic mass is 16.5. The van der Waals surface area contributed by atoms with Crippen LogP contribution < -0.4 is 5.32 Å². The van der Waals surface area contributed by atoms with Gasteiger partial charge in [-0.05, 0) is 19.3 Å². The van der Waals surface area contributed by atoms with Crippen LogP contribution in [0.25, 0.3) is 0 Å². The van der Waals surface area contributed by atoms with E-state index in [0.717, 1.165) is 19.3 Å². The van der Waals surface area contributed by atoms with Gasteiger partial charge in [0.25, 0.3) is 0 Å². The second-order valence-electron chi connectivity index (χ2n) is 5.54. The van der Waals surface area contributed by atoms with E-state index in [0.29, 0.717) is 12.3 Å². The third-order valence-corrected chi connectivity index (χ3v) is 4.05. The smallest absolute Gasteiger partial charge is 0.226 e. The zero-order chi connectivity index (χ0) is 13.1. The summed E-state index contributed by atoms with van der Waals surface area (Å²) < 4.78 is 5.92. The van der Waals surface area contributed by atoms with Gasteiger partial charge in [-0.3, -0.25) is 14.8 Å². The Morgan fingerprint density at radius 3 is 3.00 bits per heavy atom. The maximum atomic E-state index is 11.9. The SMILES string of the molecule is O=C(Cc1cnccn1)NC1COC2(CCCC2)C1. The van der Waals surface area contributed by atoms with Crippen LogP contribution in [0.4, 0.5) is 0 Å². The Hall–Kier alpha value is -1.49. The van der Waals surface area contributed by atoms with E-state index in [1.807, 2.05) is 0 Å². The molecule has 0 bridgehead atoms. The quantitative estimate of drug-likeness (QED) is 0.889. The van der Waals surface area contributed by atoms with Crippen molar-refractivity contribution in [2.24, 2.45) is 0 Å². The number of rotatable bonds is 3. The molecule has 5 nitrogen and oxygen atoms in total.